The first-order valence-electron chi connectivity index (χ1n) is 11.3. The van der Waals surface area contributed by atoms with Crippen LogP contribution in [0.1, 0.15) is 30.9 Å². The van der Waals surface area contributed by atoms with E-state index in [4.69, 9.17) is 4.74 Å². The van der Waals surface area contributed by atoms with Crippen LogP contribution in [-0.2, 0) is 26.0 Å². The molecule has 0 radical (unpaired) electrons. The van der Waals surface area contributed by atoms with Gasteiger partial charge in [-0.15, -0.1) is 0 Å². The number of ether oxygens (including phenoxy) is 1. The molecule has 1 atom stereocenters. The van der Waals surface area contributed by atoms with E-state index in [9.17, 15) is 18.0 Å². The van der Waals surface area contributed by atoms with Gasteiger partial charge in [0.1, 0.15) is 5.75 Å². The summed E-state index contributed by atoms with van der Waals surface area (Å²) in [7, 11) is -3.76. The standard InChI is InChI=1S/C24H27N3O5S/c1-15-13-19-21(32-16(2)23(28)25-19)14-22(15)33(30,31)26-10-7-18(8-11-26)24(29)27-12-9-17-5-3-4-6-20(17)27/h3-6,13-14,16,18H,7-12H2,1-2H3,(H,25,28). The van der Waals surface area contributed by atoms with Crippen LogP contribution in [0.25, 0.3) is 0 Å². The quantitative estimate of drug-likeness (QED) is 0.746. The molecule has 3 aliphatic rings. The maximum Gasteiger partial charge on any atom is 0.265 e. The van der Waals surface area contributed by atoms with Crippen molar-refractivity contribution in [3.63, 3.8) is 0 Å². The van der Waals surface area contributed by atoms with Crippen molar-refractivity contribution in [3.05, 3.63) is 47.5 Å². The van der Waals surface area contributed by atoms with Crippen molar-refractivity contribution in [1.82, 2.24) is 4.31 Å². The minimum absolute atomic E-state index is 0.0834. The number of sulfonamides is 1. The second-order valence-electron chi connectivity index (χ2n) is 8.91. The molecule has 1 unspecified atom stereocenters. The van der Waals surface area contributed by atoms with E-state index in [1.807, 2.05) is 23.1 Å². The molecule has 3 aliphatic heterocycles. The predicted octanol–water partition coefficient (Wildman–Crippen LogP) is 2.70. The van der Waals surface area contributed by atoms with Gasteiger partial charge in [0.25, 0.3) is 5.91 Å². The Kier molecular flexibility index (Phi) is 5.41. The Morgan fingerprint density at radius 3 is 2.61 bits per heavy atom. The van der Waals surface area contributed by atoms with E-state index in [1.54, 1.807) is 19.9 Å². The monoisotopic (exact) mass is 469 g/mol. The highest BCUT2D eigenvalue weighted by Gasteiger charge is 2.37. The van der Waals surface area contributed by atoms with Gasteiger partial charge >= 0.3 is 0 Å². The van der Waals surface area contributed by atoms with Crippen molar-refractivity contribution in [1.29, 1.82) is 0 Å². The number of fused-ring (bicyclic) bond motifs is 2. The second kappa shape index (κ2) is 8.14. The maximum absolute atomic E-state index is 13.4. The number of amides is 2. The molecular formula is C24H27N3O5S. The van der Waals surface area contributed by atoms with E-state index >= 15 is 0 Å². The fourth-order valence-corrected chi connectivity index (χ4v) is 6.58. The highest BCUT2D eigenvalue weighted by atomic mass is 32.2. The Balaban J connectivity index is 1.31. The number of rotatable bonds is 3. The van der Waals surface area contributed by atoms with Crippen molar-refractivity contribution >= 4 is 33.2 Å². The summed E-state index contributed by atoms with van der Waals surface area (Å²) in [5, 5.41) is 2.75. The molecule has 2 aromatic rings. The van der Waals surface area contributed by atoms with Crippen LogP contribution in [0.3, 0.4) is 0 Å². The van der Waals surface area contributed by atoms with E-state index in [-0.39, 0.29) is 22.6 Å². The fraction of sp³-hybridized carbons (Fsp3) is 0.417. The number of hydrogen-bond donors (Lipinski definition) is 1. The number of carbonyl (C=O) groups excluding carboxylic acids is 2. The molecule has 2 amide bonds. The third-order valence-corrected chi connectivity index (χ3v) is 8.82. The lowest BCUT2D eigenvalue weighted by atomic mass is 9.96. The average Bonchev–Trinajstić information content (AvgIpc) is 3.23. The predicted molar refractivity (Wildman–Crippen MR) is 124 cm³/mol. The van der Waals surface area contributed by atoms with Crippen molar-refractivity contribution in [2.45, 2.75) is 44.1 Å². The van der Waals surface area contributed by atoms with Gasteiger partial charge < -0.3 is 15.0 Å². The first kappa shape index (κ1) is 21.9. The number of aryl methyl sites for hydroxylation is 1. The summed E-state index contributed by atoms with van der Waals surface area (Å²) < 4.78 is 33.9. The summed E-state index contributed by atoms with van der Waals surface area (Å²) >= 11 is 0. The third-order valence-electron chi connectivity index (χ3n) is 6.78. The Labute approximate surface area is 193 Å². The number of anilines is 2. The molecule has 0 saturated carbocycles. The highest BCUT2D eigenvalue weighted by molar-refractivity contribution is 7.89. The van der Waals surface area contributed by atoms with Gasteiger partial charge in [-0.05, 0) is 56.4 Å². The van der Waals surface area contributed by atoms with Gasteiger partial charge in [-0.25, -0.2) is 8.42 Å². The van der Waals surface area contributed by atoms with Crippen molar-refractivity contribution in [2.24, 2.45) is 5.92 Å². The summed E-state index contributed by atoms with van der Waals surface area (Å²) in [5.41, 5.74) is 3.17. The van der Waals surface area contributed by atoms with E-state index in [0.717, 1.165) is 12.1 Å². The van der Waals surface area contributed by atoms with Crippen LogP contribution in [0.15, 0.2) is 41.3 Å². The Morgan fingerprint density at radius 1 is 1.12 bits per heavy atom. The van der Waals surface area contributed by atoms with Gasteiger partial charge in [-0.3, -0.25) is 9.59 Å². The van der Waals surface area contributed by atoms with Crippen LogP contribution in [-0.4, -0.2) is 50.3 Å². The molecule has 1 saturated heterocycles. The Bertz CT molecular complexity index is 1230. The minimum atomic E-state index is -3.76. The van der Waals surface area contributed by atoms with Gasteiger partial charge in [0.2, 0.25) is 15.9 Å². The summed E-state index contributed by atoms with van der Waals surface area (Å²) in [4.78, 5) is 27.0. The van der Waals surface area contributed by atoms with Gasteiger partial charge in [0.15, 0.2) is 6.10 Å². The van der Waals surface area contributed by atoms with Crippen molar-refractivity contribution in [2.75, 3.05) is 29.9 Å². The zero-order valence-electron chi connectivity index (χ0n) is 18.7. The molecule has 1 N–H and O–H groups in total. The third kappa shape index (κ3) is 3.79. The number of hydrogen-bond acceptors (Lipinski definition) is 5. The Morgan fingerprint density at radius 2 is 1.85 bits per heavy atom. The van der Waals surface area contributed by atoms with Crippen LogP contribution in [0, 0.1) is 12.8 Å². The van der Waals surface area contributed by atoms with Crippen molar-refractivity contribution in [3.8, 4) is 5.75 Å². The molecule has 2 aromatic carbocycles. The molecule has 5 rings (SSSR count). The van der Waals surface area contributed by atoms with Gasteiger partial charge in [-0.1, -0.05) is 18.2 Å². The normalized spacial score (nSPS) is 21.2. The van der Waals surface area contributed by atoms with Crippen LogP contribution in [0.5, 0.6) is 5.75 Å². The fourth-order valence-electron chi connectivity index (χ4n) is 4.89. The average molecular weight is 470 g/mol. The lowest BCUT2D eigenvalue weighted by molar-refractivity contribution is -0.123. The van der Waals surface area contributed by atoms with Crippen LogP contribution < -0.4 is 15.0 Å². The number of para-hydroxylation sites is 1. The molecule has 1 fully saturated rings. The van der Waals surface area contributed by atoms with Crippen LogP contribution >= 0.6 is 0 Å². The van der Waals surface area contributed by atoms with Gasteiger partial charge in [0, 0.05) is 37.3 Å². The topological polar surface area (TPSA) is 96.0 Å². The first-order valence-corrected chi connectivity index (χ1v) is 12.7. The second-order valence-corrected chi connectivity index (χ2v) is 10.8. The molecule has 0 spiro atoms. The molecule has 0 aliphatic carbocycles. The molecule has 9 heteroatoms. The first-order chi connectivity index (χ1) is 15.8. The molecule has 174 valence electrons. The molecule has 33 heavy (non-hydrogen) atoms. The Hall–Kier alpha value is -2.91. The zero-order valence-corrected chi connectivity index (χ0v) is 19.5. The summed E-state index contributed by atoms with van der Waals surface area (Å²) in [6, 6.07) is 11.1. The summed E-state index contributed by atoms with van der Waals surface area (Å²) in [6.07, 6.45) is 1.15. The SMILES string of the molecule is Cc1cc2c(cc1S(=O)(=O)N1CCC(C(=O)N3CCc4ccccc43)CC1)OC(C)C(=O)N2. The largest absolute Gasteiger partial charge is 0.479 e. The molecule has 0 aromatic heterocycles. The summed E-state index contributed by atoms with van der Waals surface area (Å²) in [6.45, 7) is 4.59. The number of piperidine rings is 1. The zero-order chi connectivity index (χ0) is 23.3. The number of carbonyl (C=O) groups is 2. The smallest absolute Gasteiger partial charge is 0.265 e. The molecule has 0 bridgehead atoms. The van der Waals surface area contributed by atoms with E-state index in [2.05, 4.69) is 11.4 Å². The lowest BCUT2D eigenvalue weighted by Crippen LogP contribution is -2.44. The maximum atomic E-state index is 13.4. The van der Waals surface area contributed by atoms with E-state index in [1.165, 1.54) is 15.9 Å². The van der Waals surface area contributed by atoms with Crippen LogP contribution in [0.2, 0.25) is 0 Å². The van der Waals surface area contributed by atoms with Crippen LogP contribution in [0.4, 0.5) is 11.4 Å². The molecular weight excluding hydrogens is 442 g/mol. The number of nitrogens with zero attached hydrogens (tertiary/aromatic N) is 2. The summed E-state index contributed by atoms with van der Waals surface area (Å²) in [5.74, 6) is -0.0133. The highest BCUT2D eigenvalue weighted by Crippen LogP contribution is 2.37. The molecule has 8 nitrogen and oxygen atoms in total. The number of nitrogens with one attached hydrogen (secondary N) is 1. The van der Waals surface area contributed by atoms with Gasteiger partial charge in [0.05, 0.1) is 10.6 Å². The van der Waals surface area contributed by atoms with E-state index < -0.39 is 16.1 Å². The minimum Gasteiger partial charge on any atom is -0.479 e. The number of benzene rings is 2. The molecule has 3 heterocycles. The lowest BCUT2D eigenvalue weighted by Gasteiger charge is -2.33. The van der Waals surface area contributed by atoms with Gasteiger partial charge in [-0.2, -0.15) is 4.31 Å². The van der Waals surface area contributed by atoms with Crippen molar-refractivity contribution < 1.29 is 22.7 Å². The van der Waals surface area contributed by atoms with E-state index in [0.29, 0.717) is 49.5 Å².